The molecule has 27 heavy (non-hydrogen) atoms. The molecule has 0 radical (unpaired) electrons. The quantitative estimate of drug-likeness (QED) is 0.269. The summed E-state index contributed by atoms with van der Waals surface area (Å²) in [5, 5.41) is 14.4. The van der Waals surface area contributed by atoms with Gasteiger partial charge >= 0.3 is 0 Å². The molecule has 8 heteroatoms. The van der Waals surface area contributed by atoms with E-state index in [-0.39, 0.29) is 5.69 Å². The Morgan fingerprint density at radius 2 is 1.74 bits per heavy atom. The predicted octanol–water partition coefficient (Wildman–Crippen LogP) is 5.85. The molecule has 0 fully saturated rings. The Labute approximate surface area is 167 Å². The van der Waals surface area contributed by atoms with E-state index < -0.39 is 4.92 Å². The van der Waals surface area contributed by atoms with Crippen molar-refractivity contribution in [3.05, 3.63) is 44.9 Å². The number of unbranched alkanes of at least 4 members (excludes halogenated alkanes) is 2. The first kappa shape index (κ1) is 21.0. The van der Waals surface area contributed by atoms with Gasteiger partial charge in [-0.1, -0.05) is 42.6 Å². The summed E-state index contributed by atoms with van der Waals surface area (Å²) in [5.74, 6) is 0.848. The fourth-order valence-corrected chi connectivity index (χ4v) is 2.60. The van der Waals surface area contributed by atoms with Crippen LogP contribution < -0.4 is 14.8 Å². The summed E-state index contributed by atoms with van der Waals surface area (Å²) in [6.45, 7) is 5.27. The molecule has 1 heterocycles. The standard InChI is InChI=1S/C19H24BrN3O4/c1-3-5-11-26-18-10-9-16(19(22-18)27-12-6-4-2)21-15-8-7-14(20)13-17(15)23(24)25/h7-10,13,21H,3-6,11-12H2,1-2H3. The molecule has 1 aromatic heterocycles. The number of halogens is 1. The number of pyridine rings is 1. The molecule has 0 saturated carbocycles. The molecule has 2 aromatic rings. The van der Waals surface area contributed by atoms with Crippen molar-refractivity contribution in [1.29, 1.82) is 0 Å². The van der Waals surface area contributed by atoms with Crippen LogP contribution in [-0.2, 0) is 0 Å². The molecule has 0 atom stereocenters. The highest BCUT2D eigenvalue weighted by atomic mass is 79.9. The van der Waals surface area contributed by atoms with Crippen LogP contribution in [0, 0.1) is 10.1 Å². The lowest BCUT2D eigenvalue weighted by Gasteiger charge is -2.14. The number of nitro groups is 1. The van der Waals surface area contributed by atoms with Gasteiger partial charge in [-0.2, -0.15) is 4.98 Å². The fraction of sp³-hybridized carbons (Fsp3) is 0.421. The number of nitrogens with zero attached hydrogens (tertiary/aromatic N) is 2. The minimum Gasteiger partial charge on any atom is -0.478 e. The molecule has 0 spiro atoms. The second kappa shape index (κ2) is 10.7. The van der Waals surface area contributed by atoms with Crippen molar-refractivity contribution in [2.24, 2.45) is 0 Å². The Morgan fingerprint density at radius 3 is 2.41 bits per heavy atom. The first-order valence-electron chi connectivity index (χ1n) is 9.02. The zero-order chi connectivity index (χ0) is 19.6. The zero-order valence-corrected chi connectivity index (χ0v) is 17.1. The molecule has 0 bridgehead atoms. The van der Waals surface area contributed by atoms with E-state index in [0.29, 0.717) is 40.8 Å². The van der Waals surface area contributed by atoms with Crippen LogP contribution in [0.2, 0.25) is 0 Å². The number of anilines is 2. The van der Waals surface area contributed by atoms with Gasteiger partial charge in [-0.15, -0.1) is 0 Å². The van der Waals surface area contributed by atoms with Crippen LogP contribution in [0.15, 0.2) is 34.8 Å². The highest BCUT2D eigenvalue weighted by Gasteiger charge is 2.17. The number of benzene rings is 1. The SMILES string of the molecule is CCCCOc1ccc(Nc2ccc(Br)cc2[N+](=O)[O-])c(OCCCC)n1. The maximum Gasteiger partial charge on any atom is 0.293 e. The van der Waals surface area contributed by atoms with Crippen molar-refractivity contribution in [3.8, 4) is 11.8 Å². The van der Waals surface area contributed by atoms with E-state index in [1.54, 1.807) is 24.3 Å². The molecule has 0 amide bonds. The summed E-state index contributed by atoms with van der Waals surface area (Å²) in [7, 11) is 0. The summed E-state index contributed by atoms with van der Waals surface area (Å²) < 4.78 is 12.1. The lowest BCUT2D eigenvalue weighted by atomic mass is 10.2. The van der Waals surface area contributed by atoms with Crippen LogP contribution >= 0.6 is 15.9 Å². The maximum atomic E-state index is 11.3. The second-order valence-corrected chi connectivity index (χ2v) is 6.87. The molecule has 0 unspecified atom stereocenters. The van der Waals surface area contributed by atoms with Crippen molar-refractivity contribution < 1.29 is 14.4 Å². The molecule has 7 nitrogen and oxygen atoms in total. The topological polar surface area (TPSA) is 86.5 Å². The van der Waals surface area contributed by atoms with E-state index in [1.165, 1.54) is 6.07 Å². The van der Waals surface area contributed by atoms with E-state index in [0.717, 1.165) is 25.7 Å². The number of nitrogens with one attached hydrogen (secondary N) is 1. The molecule has 0 saturated heterocycles. The van der Waals surface area contributed by atoms with Gasteiger partial charge in [-0.05, 0) is 31.0 Å². The summed E-state index contributed by atoms with van der Waals surface area (Å²) in [6.07, 6.45) is 3.86. The van der Waals surface area contributed by atoms with Crippen molar-refractivity contribution in [3.63, 3.8) is 0 Å². The average Bonchev–Trinajstić information content (AvgIpc) is 2.65. The van der Waals surface area contributed by atoms with Gasteiger partial charge in [0.05, 0.1) is 18.1 Å². The van der Waals surface area contributed by atoms with Crippen LogP contribution in [0.25, 0.3) is 0 Å². The fourth-order valence-electron chi connectivity index (χ4n) is 2.25. The van der Waals surface area contributed by atoms with Gasteiger partial charge in [-0.3, -0.25) is 10.1 Å². The van der Waals surface area contributed by atoms with Gasteiger partial charge in [0.1, 0.15) is 11.4 Å². The van der Waals surface area contributed by atoms with Gasteiger partial charge < -0.3 is 14.8 Å². The lowest BCUT2D eigenvalue weighted by molar-refractivity contribution is -0.384. The highest BCUT2D eigenvalue weighted by molar-refractivity contribution is 9.10. The van der Waals surface area contributed by atoms with Crippen molar-refractivity contribution in [2.45, 2.75) is 39.5 Å². The number of hydrogen-bond acceptors (Lipinski definition) is 6. The van der Waals surface area contributed by atoms with Gasteiger partial charge in [0.15, 0.2) is 0 Å². The molecule has 1 aromatic carbocycles. The van der Waals surface area contributed by atoms with Crippen LogP contribution in [-0.4, -0.2) is 23.1 Å². The number of rotatable bonds is 11. The Hall–Kier alpha value is -2.35. The van der Waals surface area contributed by atoms with Crippen LogP contribution in [0.1, 0.15) is 39.5 Å². The molecule has 2 rings (SSSR count). The molecule has 0 aliphatic rings. The average molecular weight is 438 g/mol. The lowest BCUT2D eigenvalue weighted by Crippen LogP contribution is -2.06. The van der Waals surface area contributed by atoms with Gasteiger partial charge in [0.2, 0.25) is 11.8 Å². The zero-order valence-electron chi connectivity index (χ0n) is 15.5. The summed E-state index contributed by atoms with van der Waals surface area (Å²) >= 11 is 3.26. The third-order valence-corrected chi connectivity index (χ3v) is 4.24. The summed E-state index contributed by atoms with van der Waals surface area (Å²) in [6, 6.07) is 8.33. The van der Waals surface area contributed by atoms with E-state index >= 15 is 0 Å². The highest BCUT2D eigenvalue weighted by Crippen LogP contribution is 2.34. The predicted molar refractivity (Wildman–Crippen MR) is 109 cm³/mol. The monoisotopic (exact) mass is 437 g/mol. The Bertz CT molecular complexity index is 771. The van der Waals surface area contributed by atoms with E-state index in [1.807, 2.05) is 0 Å². The molecule has 146 valence electrons. The third-order valence-electron chi connectivity index (χ3n) is 3.75. The van der Waals surface area contributed by atoms with Gasteiger partial charge in [-0.25, -0.2) is 0 Å². The Morgan fingerprint density at radius 1 is 1.07 bits per heavy atom. The van der Waals surface area contributed by atoms with Crippen molar-refractivity contribution >= 4 is 33.0 Å². The van der Waals surface area contributed by atoms with Gasteiger partial charge in [0.25, 0.3) is 5.69 Å². The first-order chi connectivity index (χ1) is 13.0. The molecular formula is C19H24BrN3O4. The first-order valence-corrected chi connectivity index (χ1v) is 9.82. The van der Waals surface area contributed by atoms with Gasteiger partial charge in [0, 0.05) is 16.6 Å². The number of nitro benzene ring substituents is 1. The van der Waals surface area contributed by atoms with Crippen LogP contribution in [0.3, 0.4) is 0 Å². The summed E-state index contributed by atoms with van der Waals surface area (Å²) in [4.78, 5) is 15.3. The molecular weight excluding hydrogens is 414 g/mol. The number of hydrogen-bond donors (Lipinski definition) is 1. The Balaban J connectivity index is 2.27. The van der Waals surface area contributed by atoms with Crippen molar-refractivity contribution in [2.75, 3.05) is 18.5 Å². The van der Waals surface area contributed by atoms with Crippen molar-refractivity contribution in [1.82, 2.24) is 4.98 Å². The molecule has 0 aliphatic carbocycles. The third kappa shape index (κ3) is 6.39. The van der Waals surface area contributed by atoms with E-state index in [2.05, 4.69) is 40.1 Å². The molecule has 1 N–H and O–H groups in total. The van der Waals surface area contributed by atoms with E-state index in [9.17, 15) is 10.1 Å². The minimum absolute atomic E-state index is 0.0350. The maximum absolute atomic E-state index is 11.3. The second-order valence-electron chi connectivity index (χ2n) is 5.95. The van der Waals surface area contributed by atoms with E-state index in [4.69, 9.17) is 9.47 Å². The Kier molecular flexibility index (Phi) is 8.32. The summed E-state index contributed by atoms with van der Waals surface area (Å²) in [5.41, 5.74) is 0.886. The normalized spacial score (nSPS) is 10.5. The van der Waals surface area contributed by atoms with Crippen LogP contribution in [0.5, 0.6) is 11.8 Å². The largest absolute Gasteiger partial charge is 0.478 e. The number of ether oxygens (including phenoxy) is 2. The minimum atomic E-state index is -0.430. The molecule has 0 aliphatic heterocycles. The number of aromatic nitrogens is 1. The van der Waals surface area contributed by atoms with Crippen LogP contribution in [0.4, 0.5) is 17.1 Å². The smallest absolute Gasteiger partial charge is 0.293 e.